The van der Waals surface area contributed by atoms with Gasteiger partial charge in [-0.2, -0.15) is 0 Å². The fourth-order valence-electron chi connectivity index (χ4n) is 4.12. The second-order valence-electron chi connectivity index (χ2n) is 7.72. The lowest BCUT2D eigenvalue weighted by Crippen LogP contribution is -2.42. The van der Waals surface area contributed by atoms with Crippen LogP contribution in [-0.2, 0) is 26.3 Å². The third kappa shape index (κ3) is 3.84. The number of carbonyl (C=O) groups is 2. The number of nitrogens with one attached hydrogen (secondary N) is 1. The van der Waals surface area contributed by atoms with Crippen molar-refractivity contribution >= 4 is 11.9 Å². The number of hydrogen-bond acceptors (Lipinski definition) is 5. The van der Waals surface area contributed by atoms with Crippen molar-refractivity contribution in [3.63, 3.8) is 0 Å². The molecule has 158 valence electrons. The molecule has 1 saturated carbocycles. The second kappa shape index (κ2) is 8.34. The maximum atomic E-state index is 14.4. The van der Waals surface area contributed by atoms with Crippen LogP contribution in [0.25, 0.3) is 0 Å². The van der Waals surface area contributed by atoms with Gasteiger partial charge in [-0.15, -0.1) is 0 Å². The minimum atomic E-state index is -1.03. The van der Waals surface area contributed by atoms with Gasteiger partial charge in [0.25, 0.3) is 5.91 Å². The lowest BCUT2D eigenvalue weighted by molar-refractivity contribution is -0.160. The number of hydrogen-bond donors (Lipinski definition) is 1. The maximum absolute atomic E-state index is 14.4. The zero-order valence-corrected chi connectivity index (χ0v) is 16.8. The van der Waals surface area contributed by atoms with Crippen LogP contribution in [0.2, 0.25) is 0 Å². The SMILES string of the molecule is C[C@@H](OC(=O)C1(c2ccccc2F)CCCC1)C(=O)NCc1ccc2c(c1)OCO2. The molecule has 1 N–H and O–H groups in total. The Bertz CT molecular complexity index is 954. The molecule has 1 aliphatic heterocycles. The molecule has 6 nitrogen and oxygen atoms in total. The molecule has 2 aromatic carbocycles. The first-order chi connectivity index (χ1) is 14.5. The third-order valence-corrected chi connectivity index (χ3v) is 5.79. The highest BCUT2D eigenvalue weighted by atomic mass is 19.1. The van der Waals surface area contributed by atoms with Gasteiger partial charge in [0.05, 0.1) is 5.41 Å². The van der Waals surface area contributed by atoms with Gasteiger partial charge in [-0.25, -0.2) is 4.39 Å². The molecule has 2 aliphatic rings. The zero-order chi connectivity index (χ0) is 21.1. The average molecular weight is 413 g/mol. The molecule has 1 atom stereocenters. The fourth-order valence-corrected chi connectivity index (χ4v) is 4.12. The van der Waals surface area contributed by atoms with E-state index in [9.17, 15) is 14.0 Å². The molecule has 30 heavy (non-hydrogen) atoms. The standard InChI is InChI=1S/C23H24FNO5/c1-15(21(26)25-13-16-8-9-19-20(12-16)29-14-28-19)30-22(27)23(10-4-5-11-23)17-6-2-3-7-18(17)24/h2-3,6-9,12,15H,4-5,10-11,13-14H2,1H3,(H,25,26)/t15-/m1/s1. The summed E-state index contributed by atoms with van der Waals surface area (Å²) < 4.78 is 30.5. The predicted molar refractivity (Wildman–Crippen MR) is 107 cm³/mol. The van der Waals surface area contributed by atoms with Gasteiger partial charge in [-0.3, -0.25) is 9.59 Å². The van der Waals surface area contributed by atoms with Gasteiger partial charge in [0.15, 0.2) is 17.6 Å². The first-order valence-electron chi connectivity index (χ1n) is 10.1. The van der Waals surface area contributed by atoms with Gasteiger partial charge >= 0.3 is 5.97 Å². The summed E-state index contributed by atoms with van der Waals surface area (Å²) in [4.78, 5) is 25.5. The van der Waals surface area contributed by atoms with Crippen molar-refractivity contribution in [2.45, 2.75) is 50.7 Å². The van der Waals surface area contributed by atoms with E-state index in [0.29, 0.717) is 29.9 Å². The van der Waals surface area contributed by atoms with Crippen molar-refractivity contribution in [2.75, 3.05) is 6.79 Å². The van der Waals surface area contributed by atoms with Crippen LogP contribution in [0.4, 0.5) is 4.39 Å². The summed E-state index contributed by atoms with van der Waals surface area (Å²) in [5.41, 5.74) is 0.155. The number of esters is 1. The topological polar surface area (TPSA) is 73.9 Å². The van der Waals surface area contributed by atoms with Crippen LogP contribution in [-0.4, -0.2) is 24.8 Å². The van der Waals surface area contributed by atoms with E-state index in [4.69, 9.17) is 14.2 Å². The lowest BCUT2D eigenvalue weighted by atomic mass is 9.78. The number of rotatable bonds is 6. The molecule has 1 aliphatic carbocycles. The Hall–Kier alpha value is -3.09. The van der Waals surface area contributed by atoms with Gasteiger partial charge < -0.3 is 19.5 Å². The lowest BCUT2D eigenvalue weighted by Gasteiger charge is -2.29. The monoisotopic (exact) mass is 413 g/mol. The van der Waals surface area contributed by atoms with Crippen LogP contribution >= 0.6 is 0 Å². The highest BCUT2D eigenvalue weighted by molar-refractivity contribution is 5.88. The van der Waals surface area contributed by atoms with E-state index in [1.807, 2.05) is 6.07 Å². The molecule has 2 aromatic rings. The summed E-state index contributed by atoms with van der Waals surface area (Å²) in [5.74, 6) is -0.0774. The van der Waals surface area contributed by atoms with Crippen molar-refractivity contribution < 1.29 is 28.2 Å². The Kier molecular flexibility index (Phi) is 5.61. The molecule has 1 fully saturated rings. The van der Waals surface area contributed by atoms with Crippen molar-refractivity contribution in [1.82, 2.24) is 5.32 Å². The molecule has 1 heterocycles. The van der Waals surface area contributed by atoms with E-state index in [0.717, 1.165) is 18.4 Å². The molecular formula is C23H24FNO5. The number of halogens is 1. The van der Waals surface area contributed by atoms with Crippen molar-refractivity contribution in [3.05, 3.63) is 59.4 Å². The molecule has 0 spiro atoms. The highest BCUT2D eigenvalue weighted by Gasteiger charge is 2.46. The van der Waals surface area contributed by atoms with Crippen LogP contribution in [0.1, 0.15) is 43.7 Å². The molecule has 0 unspecified atom stereocenters. The summed E-state index contributed by atoms with van der Waals surface area (Å²) in [6.07, 6.45) is 1.66. The summed E-state index contributed by atoms with van der Waals surface area (Å²) in [7, 11) is 0. The van der Waals surface area contributed by atoms with E-state index in [2.05, 4.69) is 5.32 Å². The first kappa shape index (κ1) is 20.2. The van der Waals surface area contributed by atoms with Crippen molar-refractivity contribution in [3.8, 4) is 11.5 Å². The van der Waals surface area contributed by atoms with E-state index < -0.39 is 29.2 Å². The van der Waals surface area contributed by atoms with Crippen LogP contribution in [0, 0.1) is 5.82 Å². The maximum Gasteiger partial charge on any atom is 0.317 e. The largest absolute Gasteiger partial charge is 0.454 e. The van der Waals surface area contributed by atoms with E-state index in [-0.39, 0.29) is 13.3 Å². The van der Waals surface area contributed by atoms with Crippen LogP contribution < -0.4 is 14.8 Å². The molecule has 4 rings (SSSR count). The van der Waals surface area contributed by atoms with E-state index >= 15 is 0 Å². The van der Waals surface area contributed by atoms with Crippen LogP contribution in [0.3, 0.4) is 0 Å². The van der Waals surface area contributed by atoms with Crippen LogP contribution in [0.5, 0.6) is 11.5 Å². The summed E-state index contributed by atoms with van der Waals surface area (Å²) in [6, 6.07) is 11.7. The van der Waals surface area contributed by atoms with Gasteiger partial charge in [-0.05, 0) is 43.5 Å². The number of carbonyl (C=O) groups excluding carboxylic acids is 2. The zero-order valence-electron chi connectivity index (χ0n) is 16.8. The number of fused-ring (bicyclic) bond motifs is 1. The average Bonchev–Trinajstić information content (AvgIpc) is 3.42. The Morgan fingerprint density at radius 2 is 1.87 bits per heavy atom. The van der Waals surface area contributed by atoms with E-state index in [1.165, 1.54) is 13.0 Å². The summed E-state index contributed by atoms with van der Waals surface area (Å²) in [5, 5.41) is 2.76. The molecule has 1 amide bonds. The smallest absolute Gasteiger partial charge is 0.317 e. The number of ether oxygens (including phenoxy) is 3. The minimum Gasteiger partial charge on any atom is -0.454 e. The second-order valence-corrected chi connectivity index (χ2v) is 7.72. The fraction of sp³-hybridized carbons (Fsp3) is 0.391. The summed E-state index contributed by atoms with van der Waals surface area (Å²) >= 11 is 0. The third-order valence-electron chi connectivity index (χ3n) is 5.79. The predicted octanol–water partition coefficient (Wildman–Crippen LogP) is 3.61. The molecule has 0 aromatic heterocycles. The highest BCUT2D eigenvalue weighted by Crippen LogP contribution is 2.43. The van der Waals surface area contributed by atoms with E-state index in [1.54, 1.807) is 30.3 Å². The molecule has 0 radical (unpaired) electrons. The van der Waals surface area contributed by atoms with Gasteiger partial charge in [0.1, 0.15) is 5.82 Å². The van der Waals surface area contributed by atoms with Crippen molar-refractivity contribution in [2.24, 2.45) is 0 Å². The Labute approximate surface area is 174 Å². The number of amides is 1. The van der Waals surface area contributed by atoms with Crippen molar-refractivity contribution in [1.29, 1.82) is 0 Å². The minimum absolute atomic E-state index is 0.182. The Morgan fingerprint density at radius 1 is 1.13 bits per heavy atom. The molecule has 7 heteroatoms. The normalized spacial score (nSPS) is 17.4. The quantitative estimate of drug-likeness (QED) is 0.733. The Morgan fingerprint density at radius 3 is 2.63 bits per heavy atom. The molecular weight excluding hydrogens is 389 g/mol. The summed E-state index contributed by atoms with van der Waals surface area (Å²) in [6.45, 7) is 1.97. The Balaban J connectivity index is 1.39. The van der Waals surface area contributed by atoms with Gasteiger partial charge in [0, 0.05) is 12.1 Å². The van der Waals surface area contributed by atoms with Gasteiger partial charge in [-0.1, -0.05) is 37.1 Å². The van der Waals surface area contributed by atoms with Gasteiger partial charge in [0.2, 0.25) is 6.79 Å². The first-order valence-corrected chi connectivity index (χ1v) is 10.1. The molecule has 0 bridgehead atoms. The molecule has 0 saturated heterocycles. The van der Waals surface area contributed by atoms with Crippen LogP contribution in [0.15, 0.2) is 42.5 Å². The number of benzene rings is 2.